The molecule has 634 valence electrons. The number of fused-ring (bicyclic) bond motifs is 6. The molecule has 7 rings (SSSR count). The number of hydrogen-bond donors (Lipinski definition) is 8. The molecule has 0 aliphatic carbocycles. The van der Waals surface area contributed by atoms with Crippen LogP contribution in [0.25, 0.3) is 22.3 Å². The number of nitrogens with one attached hydrogen (secondary N) is 7. The molecule has 37 nitrogen and oxygen atoms in total. The predicted molar refractivity (Wildman–Crippen MR) is 406 cm³/mol. The standard InChI is InChI=1S/C77H114N10O27/c1-51(2)68(73(96)84-58(11-9-18-79-76(99)114-77(3,4)5)71(94)81-48-65(90)80-47-55-53-46-62-52(15-21-112-62)44-60(53)83-69-56(55)49-87-61(69)45-54-57(74(87)97)50-113-75(98)70(54)93)85-72(95)59(82-64(89)14-19-86-66(91)12-13-67(86)92)10-7-8-17-78-63(88)16-20-101-24-25-103-28-29-105-32-33-107-36-37-109-40-41-111-43-42-110-39-38-108-35-34-106-31-30-104-27-26-102-23-22-100-6/h12-13,44-46,51,58-59,68,70,93H,7-11,14-43,47-50H2,1-6H3,(H,78,88)(H,79,99)(H,80,90)(H,81,94)(H,82,89)(H,84,96)(H,85,95)/t58-,59-,68-,70-/m0/s1. The second kappa shape index (κ2) is 50.6. The zero-order chi connectivity index (χ0) is 82.0. The number of alkyl carbamates (subject to hydrolysis) is 1. The summed E-state index contributed by atoms with van der Waals surface area (Å²) in [5, 5.41) is 30.4. The number of ether oxygens (including phenoxy) is 15. The van der Waals surface area contributed by atoms with Gasteiger partial charge < -0.3 is 118 Å². The van der Waals surface area contributed by atoms with Crippen LogP contribution >= 0.6 is 0 Å². The first-order chi connectivity index (χ1) is 55.0. The van der Waals surface area contributed by atoms with Crippen molar-refractivity contribution in [2.45, 2.75) is 136 Å². The average molecular weight is 1610 g/mol. The third-order valence-electron chi connectivity index (χ3n) is 18.0. The van der Waals surface area contributed by atoms with E-state index in [4.69, 9.17) is 76.0 Å². The molecule has 8 N–H and O–H groups in total. The molecule has 0 fully saturated rings. The summed E-state index contributed by atoms with van der Waals surface area (Å²) in [4.78, 5) is 152. The number of nitrogens with zero attached hydrogens (tertiary/aromatic N) is 3. The van der Waals surface area contributed by atoms with Gasteiger partial charge in [-0.25, -0.2) is 14.6 Å². The van der Waals surface area contributed by atoms with Crippen molar-refractivity contribution in [2.24, 2.45) is 5.92 Å². The van der Waals surface area contributed by atoms with Gasteiger partial charge in [-0.3, -0.25) is 48.1 Å². The summed E-state index contributed by atoms with van der Waals surface area (Å²) in [6, 6.07) is 1.33. The molecule has 0 saturated heterocycles. The summed E-state index contributed by atoms with van der Waals surface area (Å²) >= 11 is 0. The van der Waals surface area contributed by atoms with E-state index in [1.807, 2.05) is 12.1 Å². The molecule has 0 saturated carbocycles. The summed E-state index contributed by atoms with van der Waals surface area (Å²) in [6.45, 7) is 17.4. The van der Waals surface area contributed by atoms with Crippen molar-refractivity contribution in [3.63, 3.8) is 0 Å². The molecule has 0 radical (unpaired) electrons. The molecule has 4 aliphatic rings. The summed E-state index contributed by atoms with van der Waals surface area (Å²) in [7, 11) is 1.63. The Balaban J connectivity index is 0.793. The van der Waals surface area contributed by atoms with E-state index < -0.39 is 101 Å². The van der Waals surface area contributed by atoms with Gasteiger partial charge in [0.1, 0.15) is 36.1 Å². The molecule has 0 bridgehead atoms. The van der Waals surface area contributed by atoms with E-state index in [0.717, 1.165) is 22.6 Å². The Kier molecular flexibility index (Phi) is 41.0. The molecular formula is C77H114N10O27. The number of aliphatic hydroxyl groups excluding tert-OH is 1. The fourth-order valence-corrected chi connectivity index (χ4v) is 12.0. The van der Waals surface area contributed by atoms with E-state index in [2.05, 4.69) is 37.2 Å². The molecule has 4 aliphatic heterocycles. The van der Waals surface area contributed by atoms with Crippen LogP contribution in [0.2, 0.25) is 0 Å². The van der Waals surface area contributed by atoms with Crippen molar-refractivity contribution < 1.29 is 124 Å². The normalized spacial score (nSPS) is 14.9. The number of carbonyl (C=O) groups excluding carboxylic acids is 10. The van der Waals surface area contributed by atoms with Crippen LogP contribution in [0.3, 0.4) is 0 Å². The van der Waals surface area contributed by atoms with Crippen LogP contribution in [0.1, 0.15) is 113 Å². The molecule has 2 aromatic heterocycles. The van der Waals surface area contributed by atoms with Crippen molar-refractivity contribution >= 4 is 70.2 Å². The Labute approximate surface area is 662 Å². The van der Waals surface area contributed by atoms with Crippen molar-refractivity contribution in [1.82, 2.24) is 51.7 Å². The van der Waals surface area contributed by atoms with E-state index in [1.54, 1.807) is 47.8 Å². The first kappa shape index (κ1) is 92.5. The van der Waals surface area contributed by atoms with Gasteiger partial charge in [0.25, 0.3) is 17.4 Å². The van der Waals surface area contributed by atoms with Gasteiger partial charge in [-0.15, -0.1) is 0 Å². The van der Waals surface area contributed by atoms with Crippen LogP contribution in [0.4, 0.5) is 4.79 Å². The summed E-state index contributed by atoms with van der Waals surface area (Å²) in [5.41, 5.74) is 2.34. The van der Waals surface area contributed by atoms with E-state index in [1.165, 1.54) is 4.57 Å². The first-order valence-electron chi connectivity index (χ1n) is 38.8. The van der Waals surface area contributed by atoms with Gasteiger partial charge in [0.2, 0.25) is 35.4 Å². The summed E-state index contributed by atoms with van der Waals surface area (Å²) < 4.78 is 83.2. The highest BCUT2D eigenvalue weighted by molar-refractivity contribution is 6.13. The number of cyclic esters (lactones) is 1. The molecule has 6 heterocycles. The number of benzene rings is 1. The molecule has 9 amide bonds. The van der Waals surface area contributed by atoms with Gasteiger partial charge >= 0.3 is 12.1 Å². The average Bonchev–Trinajstić information content (AvgIpc) is 1.56. The molecule has 114 heavy (non-hydrogen) atoms. The predicted octanol–water partition coefficient (Wildman–Crippen LogP) is 0.419. The minimum Gasteiger partial charge on any atom is -0.493 e. The van der Waals surface area contributed by atoms with E-state index >= 15 is 0 Å². The lowest BCUT2D eigenvalue weighted by molar-refractivity contribution is -0.157. The number of rotatable bonds is 59. The maximum Gasteiger partial charge on any atom is 0.407 e. The van der Waals surface area contributed by atoms with E-state index in [-0.39, 0.29) is 115 Å². The number of amides is 9. The number of imide groups is 1. The SMILES string of the molecule is COCCOCCOCCOCCOCCOCCOCCOCCOCCOCCOCCOCCC(=O)NCCCC[C@H](NC(=O)CCN1C(=O)C=CC1=O)C(=O)N[C@H](C(=O)N[C@@H](CCCNC(=O)OC(C)(C)C)C(=O)NCC(=O)NCc1c2c(nc3cc4c(cc13)OCC4)-c1cc3c(c(=O)n1C2)COC(=O)[C@H]3O)C(C)C. The fourth-order valence-electron chi connectivity index (χ4n) is 12.0. The minimum absolute atomic E-state index is 0.00662. The second-order valence-corrected chi connectivity index (χ2v) is 28.1. The topological polar surface area (TPSA) is 452 Å². The lowest BCUT2D eigenvalue weighted by atomic mass is 9.97. The Morgan fingerprint density at radius 3 is 1.66 bits per heavy atom. The highest BCUT2D eigenvalue weighted by Crippen LogP contribution is 2.40. The van der Waals surface area contributed by atoms with Crippen LogP contribution in [-0.4, -0.2) is 294 Å². The highest BCUT2D eigenvalue weighted by Gasteiger charge is 2.37. The molecule has 1 aromatic carbocycles. The van der Waals surface area contributed by atoms with E-state index in [0.29, 0.717) is 191 Å². The van der Waals surface area contributed by atoms with Gasteiger partial charge in [-0.05, 0) is 88.1 Å². The quantitative estimate of drug-likeness (QED) is 0.0169. The molecular weight excluding hydrogens is 1500 g/mol. The Hall–Kier alpha value is -8.70. The fraction of sp³-hybridized carbons (Fsp3) is 0.662. The van der Waals surface area contributed by atoms with Gasteiger partial charge in [0, 0.05) is 81.2 Å². The lowest BCUT2D eigenvalue weighted by Crippen LogP contribution is -2.58. The Bertz CT molecular complexity index is 3700. The number of methoxy groups -OCH3 is 1. The van der Waals surface area contributed by atoms with Crippen LogP contribution in [0, 0.1) is 5.92 Å². The number of esters is 1. The van der Waals surface area contributed by atoms with Crippen LogP contribution < -0.4 is 47.5 Å². The maximum atomic E-state index is 14.4. The molecule has 0 unspecified atom stereocenters. The monoisotopic (exact) mass is 1610 g/mol. The zero-order valence-electron chi connectivity index (χ0n) is 66.3. The van der Waals surface area contributed by atoms with Crippen molar-refractivity contribution in [2.75, 3.05) is 192 Å². The maximum absolute atomic E-state index is 14.4. The van der Waals surface area contributed by atoms with Crippen molar-refractivity contribution in [3.8, 4) is 17.1 Å². The molecule has 4 atom stereocenters. The summed E-state index contributed by atoms with van der Waals surface area (Å²) in [6.07, 6.45) is 0.798. The van der Waals surface area contributed by atoms with Crippen LogP contribution in [0.5, 0.6) is 5.75 Å². The highest BCUT2D eigenvalue weighted by atomic mass is 16.6. The van der Waals surface area contributed by atoms with Crippen LogP contribution in [0.15, 0.2) is 35.1 Å². The van der Waals surface area contributed by atoms with Gasteiger partial charge in [0.15, 0.2) is 6.10 Å². The van der Waals surface area contributed by atoms with Crippen molar-refractivity contribution in [3.05, 3.63) is 68.5 Å². The first-order valence-corrected chi connectivity index (χ1v) is 38.8. The molecule has 37 heteroatoms. The number of aromatic nitrogens is 2. The smallest absolute Gasteiger partial charge is 0.407 e. The number of carbonyl (C=O) groups is 10. The summed E-state index contributed by atoms with van der Waals surface area (Å²) in [5.74, 6) is -6.07. The molecule has 0 spiro atoms. The largest absolute Gasteiger partial charge is 0.493 e. The van der Waals surface area contributed by atoms with Gasteiger partial charge in [0.05, 0.1) is 194 Å². The van der Waals surface area contributed by atoms with E-state index in [9.17, 15) is 57.8 Å². The number of hydrogen-bond acceptors (Lipinski definition) is 28. The van der Waals surface area contributed by atoms with Gasteiger partial charge in [-0.1, -0.05) is 13.8 Å². The molecule has 3 aromatic rings. The number of unbranched alkanes of at least 4 members (excludes halogenated alkanes) is 1. The van der Waals surface area contributed by atoms with Crippen molar-refractivity contribution in [1.29, 1.82) is 0 Å². The third-order valence-corrected chi connectivity index (χ3v) is 18.0. The Morgan fingerprint density at radius 2 is 1.11 bits per heavy atom. The van der Waals surface area contributed by atoms with Crippen LogP contribution in [-0.2, 0) is 136 Å². The van der Waals surface area contributed by atoms with Gasteiger partial charge in [-0.2, -0.15) is 0 Å². The number of aliphatic hydroxyl groups is 1. The lowest BCUT2D eigenvalue weighted by Gasteiger charge is -2.27. The zero-order valence-corrected chi connectivity index (χ0v) is 66.3. The third kappa shape index (κ3) is 32.2. The second-order valence-electron chi connectivity index (χ2n) is 28.1. The minimum atomic E-state index is -1.68. The number of pyridine rings is 2. The Morgan fingerprint density at radius 1 is 0.570 bits per heavy atom.